The lowest BCUT2D eigenvalue weighted by atomic mass is 10.0. The van der Waals surface area contributed by atoms with Gasteiger partial charge in [0.15, 0.2) is 0 Å². The van der Waals surface area contributed by atoms with Crippen LogP contribution in [-0.2, 0) is 4.79 Å². The Labute approximate surface area is 115 Å². The number of anilines is 1. The molecular formula is C15H24N2O2. The average molecular weight is 264 g/mol. The highest BCUT2D eigenvalue weighted by molar-refractivity contribution is 5.94. The number of hydrogen-bond acceptors (Lipinski definition) is 3. The first-order chi connectivity index (χ1) is 8.86. The monoisotopic (exact) mass is 264 g/mol. The standard InChI is InChI=1S/C15H24N2O2/c1-9(2)16-8-14(18)17-15-10(3)7-13(19-6)11(4)12(15)5/h7,9,16H,8H2,1-6H3,(H,17,18). The van der Waals surface area contributed by atoms with Crippen molar-refractivity contribution in [2.45, 2.75) is 40.7 Å². The number of rotatable bonds is 5. The molecule has 0 radical (unpaired) electrons. The third kappa shape index (κ3) is 3.96. The molecule has 19 heavy (non-hydrogen) atoms. The molecule has 0 heterocycles. The van der Waals surface area contributed by atoms with Gasteiger partial charge in [0, 0.05) is 11.7 Å². The summed E-state index contributed by atoms with van der Waals surface area (Å²) in [5.41, 5.74) is 4.00. The highest BCUT2D eigenvalue weighted by Crippen LogP contribution is 2.30. The van der Waals surface area contributed by atoms with Crippen LogP contribution in [0.15, 0.2) is 6.07 Å². The molecule has 1 aromatic rings. The predicted octanol–water partition coefficient (Wildman–Crippen LogP) is 2.56. The summed E-state index contributed by atoms with van der Waals surface area (Å²) in [5, 5.41) is 6.07. The van der Waals surface area contributed by atoms with E-state index in [1.165, 1.54) is 0 Å². The van der Waals surface area contributed by atoms with Crippen LogP contribution in [0.3, 0.4) is 0 Å². The van der Waals surface area contributed by atoms with Crippen LogP contribution < -0.4 is 15.4 Å². The van der Waals surface area contributed by atoms with E-state index in [2.05, 4.69) is 10.6 Å². The first-order valence-electron chi connectivity index (χ1n) is 6.54. The average Bonchev–Trinajstić information content (AvgIpc) is 2.36. The first kappa shape index (κ1) is 15.5. The summed E-state index contributed by atoms with van der Waals surface area (Å²) in [4.78, 5) is 11.9. The van der Waals surface area contributed by atoms with Crippen LogP contribution in [0, 0.1) is 20.8 Å². The number of carbonyl (C=O) groups is 1. The van der Waals surface area contributed by atoms with Crippen molar-refractivity contribution in [3.05, 3.63) is 22.8 Å². The SMILES string of the molecule is COc1cc(C)c(NC(=O)CNC(C)C)c(C)c1C. The van der Waals surface area contributed by atoms with E-state index >= 15 is 0 Å². The normalized spacial score (nSPS) is 10.7. The third-order valence-corrected chi connectivity index (χ3v) is 3.20. The highest BCUT2D eigenvalue weighted by atomic mass is 16.5. The number of nitrogens with one attached hydrogen (secondary N) is 2. The molecule has 0 aliphatic rings. The molecule has 0 bridgehead atoms. The van der Waals surface area contributed by atoms with Gasteiger partial charge in [-0.3, -0.25) is 4.79 Å². The fourth-order valence-electron chi connectivity index (χ4n) is 1.93. The smallest absolute Gasteiger partial charge is 0.238 e. The quantitative estimate of drug-likeness (QED) is 0.859. The van der Waals surface area contributed by atoms with Crippen molar-refractivity contribution in [1.29, 1.82) is 0 Å². The van der Waals surface area contributed by atoms with E-state index < -0.39 is 0 Å². The fourth-order valence-corrected chi connectivity index (χ4v) is 1.93. The summed E-state index contributed by atoms with van der Waals surface area (Å²) in [6.07, 6.45) is 0. The van der Waals surface area contributed by atoms with Crippen LogP contribution in [-0.4, -0.2) is 25.6 Å². The molecule has 0 fully saturated rings. The van der Waals surface area contributed by atoms with Gasteiger partial charge >= 0.3 is 0 Å². The van der Waals surface area contributed by atoms with E-state index in [4.69, 9.17) is 4.74 Å². The second-order valence-corrected chi connectivity index (χ2v) is 5.10. The van der Waals surface area contributed by atoms with Gasteiger partial charge in [-0.05, 0) is 43.5 Å². The largest absolute Gasteiger partial charge is 0.496 e. The minimum atomic E-state index is -0.0236. The Morgan fingerprint density at radius 2 is 1.89 bits per heavy atom. The van der Waals surface area contributed by atoms with Gasteiger partial charge in [0.2, 0.25) is 5.91 Å². The third-order valence-electron chi connectivity index (χ3n) is 3.20. The second kappa shape index (κ2) is 6.57. The molecule has 0 aliphatic carbocycles. The van der Waals surface area contributed by atoms with Crippen LogP contribution in [0.25, 0.3) is 0 Å². The molecule has 106 valence electrons. The molecule has 0 spiro atoms. The van der Waals surface area contributed by atoms with E-state index in [1.54, 1.807) is 7.11 Å². The van der Waals surface area contributed by atoms with Crippen molar-refractivity contribution in [2.75, 3.05) is 19.0 Å². The molecular weight excluding hydrogens is 240 g/mol. The molecule has 0 unspecified atom stereocenters. The Balaban J connectivity index is 2.90. The zero-order valence-electron chi connectivity index (χ0n) is 12.7. The van der Waals surface area contributed by atoms with Crippen LogP contribution >= 0.6 is 0 Å². The summed E-state index contributed by atoms with van der Waals surface area (Å²) < 4.78 is 5.32. The molecule has 2 N–H and O–H groups in total. The molecule has 1 amide bonds. The van der Waals surface area contributed by atoms with Crippen LogP contribution in [0.4, 0.5) is 5.69 Å². The van der Waals surface area contributed by atoms with Gasteiger partial charge in [-0.1, -0.05) is 13.8 Å². The lowest BCUT2D eigenvalue weighted by Crippen LogP contribution is -2.33. The number of ether oxygens (including phenoxy) is 1. The van der Waals surface area contributed by atoms with Gasteiger partial charge in [0.05, 0.1) is 13.7 Å². The topological polar surface area (TPSA) is 50.4 Å². The maximum Gasteiger partial charge on any atom is 0.238 e. The number of carbonyl (C=O) groups excluding carboxylic acids is 1. The maximum atomic E-state index is 11.9. The van der Waals surface area contributed by atoms with Crippen LogP contribution in [0.1, 0.15) is 30.5 Å². The lowest BCUT2D eigenvalue weighted by molar-refractivity contribution is -0.115. The number of aryl methyl sites for hydroxylation is 1. The molecule has 0 aromatic heterocycles. The number of hydrogen-bond donors (Lipinski definition) is 2. The van der Waals surface area contributed by atoms with Crippen molar-refractivity contribution < 1.29 is 9.53 Å². The Morgan fingerprint density at radius 3 is 2.42 bits per heavy atom. The van der Waals surface area contributed by atoms with Gasteiger partial charge < -0.3 is 15.4 Å². The van der Waals surface area contributed by atoms with Crippen LogP contribution in [0.5, 0.6) is 5.75 Å². The minimum Gasteiger partial charge on any atom is -0.496 e. The van der Waals surface area contributed by atoms with Gasteiger partial charge in [0.25, 0.3) is 0 Å². The van der Waals surface area contributed by atoms with E-state index in [-0.39, 0.29) is 5.91 Å². The lowest BCUT2D eigenvalue weighted by Gasteiger charge is -2.17. The fraction of sp³-hybridized carbons (Fsp3) is 0.533. The highest BCUT2D eigenvalue weighted by Gasteiger charge is 2.13. The van der Waals surface area contributed by atoms with Crippen molar-refractivity contribution in [1.82, 2.24) is 5.32 Å². The van der Waals surface area contributed by atoms with Crippen molar-refractivity contribution in [3.8, 4) is 5.75 Å². The minimum absolute atomic E-state index is 0.0236. The summed E-state index contributed by atoms with van der Waals surface area (Å²) in [7, 11) is 1.66. The summed E-state index contributed by atoms with van der Waals surface area (Å²) >= 11 is 0. The van der Waals surface area contributed by atoms with E-state index in [9.17, 15) is 4.79 Å². The van der Waals surface area contributed by atoms with Crippen molar-refractivity contribution in [2.24, 2.45) is 0 Å². The maximum absolute atomic E-state index is 11.9. The number of benzene rings is 1. The number of amides is 1. The predicted molar refractivity (Wildman–Crippen MR) is 79.0 cm³/mol. The second-order valence-electron chi connectivity index (χ2n) is 5.10. The Hall–Kier alpha value is -1.55. The number of methoxy groups -OCH3 is 1. The van der Waals surface area contributed by atoms with Gasteiger partial charge in [0.1, 0.15) is 5.75 Å². The molecule has 0 saturated carbocycles. The zero-order valence-corrected chi connectivity index (χ0v) is 12.7. The molecule has 4 nitrogen and oxygen atoms in total. The Bertz CT molecular complexity index is 468. The molecule has 1 rings (SSSR count). The van der Waals surface area contributed by atoms with E-state index in [0.29, 0.717) is 12.6 Å². The molecule has 4 heteroatoms. The van der Waals surface area contributed by atoms with Crippen molar-refractivity contribution >= 4 is 11.6 Å². The first-order valence-corrected chi connectivity index (χ1v) is 6.54. The zero-order chi connectivity index (χ0) is 14.6. The molecule has 0 atom stereocenters. The van der Waals surface area contributed by atoms with Crippen LogP contribution in [0.2, 0.25) is 0 Å². The molecule has 1 aromatic carbocycles. The Kier molecular flexibility index (Phi) is 5.36. The molecule has 0 saturated heterocycles. The molecule has 0 aliphatic heterocycles. The van der Waals surface area contributed by atoms with Crippen molar-refractivity contribution in [3.63, 3.8) is 0 Å². The van der Waals surface area contributed by atoms with E-state index in [1.807, 2.05) is 40.7 Å². The van der Waals surface area contributed by atoms with Gasteiger partial charge in [-0.15, -0.1) is 0 Å². The van der Waals surface area contributed by atoms with Gasteiger partial charge in [-0.25, -0.2) is 0 Å². The summed E-state index contributed by atoms with van der Waals surface area (Å²) in [5.74, 6) is 0.831. The van der Waals surface area contributed by atoms with Gasteiger partial charge in [-0.2, -0.15) is 0 Å². The summed E-state index contributed by atoms with van der Waals surface area (Å²) in [6, 6.07) is 2.25. The van der Waals surface area contributed by atoms with E-state index in [0.717, 1.165) is 28.1 Å². The summed E-state index contributed by atoms with van der Waals surface area (Å²) in [6.45, 7) is 10.3. The Morgan fingerprint density at radius 1 is 1.26 bits per heavy atom.